The van der Waals surface area contributed by atoms with Crippen molar-refractivity contribution < 1.29 is 9.21 Å². The van der Waals surface area contributed by atoms with Gasteiger partial charge in [-0.25, -0.2) is 0 Å². The molecule has 1 N–H and O–H groups in total. The minimum Gasteiger partial charge on any atom is -0.456 e. The number of furan rings is 1. The fraction of sp³-hybridized carbons (Fsp3) is 0.583. The molecule has 4 nitrogen and oxygen atoms in total. The summed E-state index contributed by atoms with van der Waals surface area (Å²) in [5.74, 6) is 1.30. The van der Waals surface area contributed by atoms with Gasteiger partial charge in [0.2, 0.25) is 0 Å². The lowest BCUT2D eigenvalue weighted by Crippen LogP contribution is -2.52. The van der Waals surface area contributed by atoms with Gasteiger partial charge in [0, 0.05) is 31.2 Å². The van der Waals surface area contributed by atoms with Crippen molar-refractivity contribution in [3.8, 4) is 0 Å². The van der Waals surface area contributed by atoms with Crippen LogP contribution in [0.1, 0.15) is 28.8 Å². The number of aryl methyl sites for hydroxylation is 2. The Morgan fingerprint density at radius 1 is 1.53 bits per heavy atom. The fourth-order valence-corrected chi connectivity index (χ4v) is 2.13. The Labute approximate surface area is 108 Å². The second-order valence-electron chi connectivity index (χ2n) is 4.42. The summed E-state index contributed by atoms with van der Waals surface area (Å²) >= 11 is 0. The van der Waals surface area contributed by atoms with Gasteiger partial charge in [-0.15, -0.1) is 12.4 Å². The van der Waals surface area contributed by atoms with Crippen molar-refractivity contribution in [2.75, 3.05) is 19.6 Å². The van der Waals surface area contributed by atoms with Gasteiger partial charge in [-0.2, -0.15) is 0 Å². The largest absolute Gasteiger partial charge is 0.456 e. The van der Waals surface area contributed by atoms with E-state index in [-0.39, 0.29) is 24.4 Å². The van der Waals surface area contributed by atoms with E-state index in [1.807, 2.05) is 24.8 Å². The first-order valence-corrected chi connectivity index (χ1v) is 5.68. The molecule has 0 bridgehead atoms. The Kier molecular flexibility index (Phi) is 4.60. The van der Waals surface area contributed by atoms with Crippen LogP contribution in [0.5, 0.6) is 0 Å². The molecular weight excluding hydrogens is 240 g/mol. The summed E-state index contributed by atoms with van der Waals surface area (Å²) in [4.78, 5) is 14.1. The van der Waals surface area contributed by atoms with Gasteiger partial charge < -0.3 is 14.6 Å². The minimum absolute atomic E-state index is 0. The molecule has 0 aromatic carbocycles. The van der Waals surface area contributed by atoms with Gasteiger partial charge in [-0.05, 0) is 26.8 Å². The smallest absolute Gasteiger partial charge is 0.290 e. The van der Waals surface area contributed by atoms with Gasteiger partial charge in [0.15, 0.2) is 5.76 Å². The Bertz CT molecular complexity index is 403. The minimum atomic E-state index is 0. The molecule has 0 aliphatic carbocycles. The summed E-state index contributed by atoms with van der Waals surface area (Å²) < 4.78 is 5.47. The molecule has 5 heteroatoms. The molecule has 1 fully saturated rings. The molecule has 0 radical (unpaired) electrons. The Morgan fingerprint density at radius 2 is 2.24 bits per heavy atom. The van der Waals surface area contributed by atoms with Crippen molar-refractivity contribution in [1.29, 1.82) is 0 Å². The molecule has 17 heavy (non-hydrogen) atoms. The van der Waals surface area contributed by atoms with Crippen LogP contribution in [-0.2, 0) is 0 Å². The average Bonchev–Trinajstić information content (AvgIpc) is 2.58. The van der Waals surface area contributed by atoms with E-state index >= 15 is 0 Å². The monoisotopic (exact) mass is 258 g/mol. The molecule has 1 atom stereocenters. The zero-order valence-corrected chi connectivity index (χ0v) is 11.3. The second-order valence-corrected chi connectivity index (χ2v) is 4.42. The number of hydrogen-bond donors (Lipinski definition) is 1. The van der Waals surface area contributed by atoms with Gasteiger partial charge in [-0.3, -0.25) is 4.79 Å². The van der Waals surface area contributed by atoms with Crippen molar-refractivity contribution in [3.63, 3.8) is 0 Å². The van der Waals surface area contributed by atoms with E-state index in [1.54, 1.807) is 0 Å². The van der Waals surface area contributed by atoms with Gasteiger partial charge in [0.25, 0.3) is 5.91 Å². The molecule has 2 rings (SSSR count). The highest BCUT2D eigenvalue weighted by Gasteiger charge is 2.27. The van der Waals surface area contributed by atoms with Crippen LogP contribution in [0.15, 0.2) is 10.5 Å². The van der Waals surface area contributed by atoms with E-state index in [0.29, 0.717) is 5.76 Å². The Balaban J connectivity index is 0.00000144. The lowest BCUT2D eigenvalue weighted by atomic mass is 10.2. The molecule has 1 amide bonds. The predicted molar refractivity (Wildman–Crippen MR) is 68.8 cm³/mol. The van der Waals surface area contributed by atoms with Crippen LogP contribution in [0.2, 0.25) is 0 Å². The maximum Gasteiger partial charge on any atom is 0.290 e. The third kappa shape index (κ3) is 2.82. The van der Waals surface area contributed by atoms with Crippen molar-refractivity contribution >= 4 is 18.3 Å². The van der Waals surface area contributed by atoms with Gasteiger partial charge in [-0.1, -0.05) is 0 Å². The molecule has 1 aliphatic rings. The van der Waals surface area contributed by atoms with Crippen LogP contribution >= 0.6 is 12.4 Å². The summed E-state index contributed by atoms with van der Waals surface area (Å²) in [6.45, 7) is 8.29. The van der Waals surface area contributed by atoms with E-state index in [1.165, 1.54) is 0 Å². The lowest BCUT2D eigenvalue weighted by Gasteiger charge is -2.33. The first kappa shape index (κ1) is 14.1. The fourth-order valence-electron chi connectivity index (χ4n) is 2.13. The summed E-state index contributed by atoms with van der Waals surface area (Å²) in [6, 6.07) is 2.13. The standard InChI is InChI=1S/C12H18N2O2.ClH/c1-8-6-10(3)16-11(8)12(15)14-5-4-13-7-9(14)2;/h6,9,13H,4-5,7H2,1-3H3;1H/t9-;/m1./s1. The quantitative estimate of drug-likeness (QED) is 0.835. The average molecular weight is 259 g/mol. The summed E-state index contributed by atoms with van der Waals surface area (Å²) in [5, 5.41) is 3.27. The molecule has 0 saturated carbocycles. The highest BCUT2D eigenvalue weighted by Crippen LogP contribution is 2.17. The van der Waals surface area contributed by atoms with Crippen molar-refractivity contribution in [2.45, 2.75) is 26.8 Å². The molecule has 1 aliphatic heterocycles. The Morgan fingerprint density at radius 3 is 2.76 bits per heavy atom. The highest BCUT2D eigenvalue weighted by atomic mass is 35.5. The maximum atomic E-state index is 12.2. The van der Waals surface area contributed by atoms with Crippen LogP contribution in [-0.4, -0.2) is 36.5 Å². The van der Waals surface area contributed by atoms with E-state index in [4.69, 9.17) is 4.42 Å². The highest BCUT2D eigenvalue weighted by molar-refractivity contribution is 5.93. The van der Waals surface area contributed by atoms with Crippen LogP contribution in [0.4, 0.5) is 0 Å². The number of piperazine rings is 1. The van der Waals surface area contributed by atoms with Gasteiger partial charge >= 0.3 is 0 Å². The van der Waals surface area contributed by atoms with Crippen LogP contribution in [0, 0.1) is 13.8 Å². The number of nitrogens with zero attached hydrogens (tertiary/aromatic N) is 1. The third-order valence-corrected chi connectivity index (χ3v) is 3.00. The summed E-state index contributed by atoms with van der Waals surface area (Å²) in [6.07, 6.45) is 0. The lowest BCUT2D eigenvalue weighted by molar-refractivity contribution is 0.0620. The predicted octanol–water partition coefficient (Wildman–Crippen LogP) is 1.75. The molecule has 0 spiro atoms. The normalized spacial score (nSPS) is 19.9. The SMILES string of the molecule is Cc1cc(C)c(C(=O)N2CCNC[C@H]2C)o1.Cl. The number of amides is 1. The molecular formula is C12H19ClN2O2. The van der Waals surface area contributed by atoms with E-state index in [9.17, 15) is 4.79 Å². The molecule has 2 heterocycles. The van der Waals surface area contributed by atoms with Crippen molar-refractivity contribution in [2.24, 2.45) is 0 Å². The number of rotatable bonds is 1. The second kappa shape index (κ2) is 5.56. The first-order chi connectivity index (χ1) is 7.59. The van der Waals surface area contributed by atoms with E-state index in [2.05, 4.69) is 12.2 Å². The van der Waals surface area contributed by atoms with Crippen LogP contribution in [0.25, 0.3) is 0 Å². The molecule has 0 unspecified atom stereocenters. The maximum absolute atomic E-state index is 12.2. The molecule has 1 aromatic heterocycles. The number of halogens is 1. The third-order valence-electron chi connectivity index (χ3n) is 3.00. The van der Waals surface area contributed by atoms with Gasteiger partial charge in [0.1, 0.15) is 5.76 Å². The zero-order valence-electron chi connectivity index (χ0n) is 10.4. The zero-order chi connectivity index (χ0) is 11.7. The van der Waals surface area contributed by atoms with Crippen molar-refractivity contribution in [3.05, 3.63) is 23.2 Å². The number of carbonyl (C=O) groups excluding carboxylic acids is 1. The topological polar surface area (TPSA) is 45.5 Å². The van der Waals surface area contributed by atoms with Crippen LogP contribution < -0.4 is 5.32 Å². The number of carbonyl (C=O) groups is 1. The molecule has 1 saturated heterocycles. The summed E-state index contributed by atoms with van der Waals surface area (Å²) in [7, 11) is 0. The van der Waals surface area contributed by atoms with E-state index in [0.717, 1.165) is 31.0 Å². The van der Waals surface area contributed by atoms with Gasteiger partial charge in [0.05, 0.1) is 0 Å². The summed E-state index contributed by atoms with van der Waals surface area (Å²) in [5.41, 5.74) is 0.924. The Hall–Kier alpha value is -1.00. The van der Waals surface area contributed by atoms with Crippen LogP contribution in [0.3, 0.4) is 0 Å². The van der Waals surface area contributed by atoms with Crippen molar-refractivity contribution in [1.82, 2.24) is 10.2 Å². The number of hydrogen-bond acceptors (Lipinski definition) is 3. The molecule has 96 valence electrons. The molecule has 1 aromatic rings. The van der Waals surface area contributed by atoms with E-state index < -0.39 is 0 Å². The number of nitrogens with one attached hydrogen (secondary N) is 1. The first-order valence-electron chi connectivity index (χ1n) is 5.68.